The summed E-state index contributed by atoms with van der Waals surface area (Å²) in [4.78, 5) is 19.1. The smallest absolute Gasteiger partial charge is 0.227 e. The Morgan fingerprint density at radius 2 is 2.18 bits per heavy atom. The van der Waals surface area contributed by atoms with Crippen LogP contribution >= 0.6 is 23.4 Å². The van der Waals surface area contributed by atoms with E-state index in [0.29, 0.717) is 11.6 Å². The number of hydrogen-bond acceptors (Lipinski definition) is 4. The molecule has 0 amide bonds. The number of ketones is 1. The monoisotopic (exact) mass is 340 g/mol. The Morgan fingerprint density at radius 3 is 2.82 bits per heavy atom. The van der Waals surface area contributed by atoms with Crippen LogP contribution in [0.3, 0.4) is 0 Å². The average Bonchev–Trinajstić information content (AvgIpc) is 2.79. The Hall–Kier alpha value is -1.33. The molecule has 0 N–H and O–H groups in total. The molecule has 0 spiro atoms. The molecule has 22 heavy (non-hydrogen) atoms. The van der Waals surface area contributed by atoms with Crippen molar-refractivity contribution >= 4 is 29.1 Å². The van der Waals surface area contributed by atoms with E-state index >= 15 is 0 Å². The first-order valence-corrected chi connectivity index (χ1v) is 8.34. The molecule has 0 saturated carbocycles. The second kappa shape index (κ2) is 7.29. The number of Topliss-reactive ketones (excluding diaryl/α,β-unsaturated/α-hetero) is 1. The molecule has 2 rings (SSSR count). The van der Waals surface area contributed by atoms with Crippen molar-refractivity contribution in [2.45, 2.75) is 33.6 Å². The van der Waals surface area contributed by atoms with Gasteiger partial charge in [-0.25, -0.2) is 4.98 Å². The Balaban J connectivity index is 2.36. The number of aromatic nitrogens is 1. The molecular weight excluding hydrogens is 323 g/mol. The van der Waals surface area contributed by atoms with Gasteiger partial charge in [0, 0.05) is 23.3 Å². The number of nitrogens with zero attached hydrogens (tertiary/aromatic N) is 2. The second-order valence-electron chi connectivity index (χ2n) is 5.04. The zero-order valence-corrected chi connectivity index (χ0v) is 14.4. The molecule has 1 aromatic rings. The minimum atomic E-state index is -0.771. The van der Waals surface area contributed by atoms with Crippen LogP contribution in [0.5, 0.6) is 0 Å². The van der Waals surface area contributed by atoms with Crippen molar-refractivity contribution in [1.29, 1.82) is 0 Å². The van der Waals surface area contributed by atoms with E-state index in [1.165, 1.54) is 24.0 Å². The lowest BCUT2D eigenvalue weighted by atomic mass is 10.1. The van der Waals surface area contributed by atoms with Gasteiger partial charge in [-0.05, 0) is 32.4 Å². The number of thioether (sulfide) groups is 1. The van der Waals surface area contributed by atoms with Gasteiger partial charge in [-0.1, -0.05) is 36.7 Å². The Kier molecular flexibility index (Phi) is 5.64. The molecule has 0 saturated heterocycles. The number of allylic oxidation sites excluding steroid dienone is 3. The van der Waals surface area contributed by atoms with E-state index < -0.39 is 11.6 Å². The minimum Gasteiger partial charge on any atom is -0.337 e. The number of hydrogen-bond donors (Lipinski definition) is 0. The quantitative estimate of drug-likeness (QED) is 0.421. The fourth-order valence-corrected chi connectivity index (χ4v) is 3.41. The zero-order chi connectivity index (χ0) is 16.3. The molecule has 0 atom stereocenters. The van der Waals surface area contributed by atoms with Gasteiger partial charge in [0.15, 0.2) is 0 Å². The number of pyridine rings is 1. The van der Waals surface area contributed by atoms with Gasteiger partial charge in [0.2, 0.25) is 11.6 Å². The minimum absolute atomic E-state index is 0.0211. The van der Waals surface area contributed by atoms with E-state index in [0.717, 1.165) is 23.4 Å². The van der Waals surface area contributed by atoms with Gasteiger partial charge < -0.3 is 4.90 Å². The molecule has 3 nitrogen and oxygen atoms in total. The maximum Gasteiger partial charge on any atom is 0.227 e. The van der Waals surface area contributed by atoms with Crippen LogP contribution in [0.25, 0.3) is 0 Å². The van der Waals surface area contributed by atoms with Gasteiger partial charge in [-0.3, -0.25) is 4.79 Å². The fourth-order valence-electron chi connectivity index (χ4n) is 2.14. The molecule has 1 aliphatic heterocycles. The lowest BCUT2D eigenvalue weighted by molar-refractivity contribution is 0.100. The molecule has 0 aromatic carbocycles. The topological polar surface area (TPSA) is 33.2 Å². The molecule has 1 aromatic heterocycles. The third-order valence-electron chi connectivity index (χ3n) is 3.54. The first-order valence-electron chi connectivity index (χ1n) is 7.15. The van der Waals surface area contributed by atoms with Gasteiger partial charge in [0.1, 0.15) is 10.2 Å². The summed E-state index contributed by atoms with van der Waals surface area (Å²) < 4.78 is 14.7. The Bertz CT molecular complexity index is 657. The van der Waals surface area contributed by atoms with Crippen LogP contribution in [0.1, 0.15) is 44.0 Å². The van der Waals surface area contributed by atoms with Gasteiger partial charge in [0.25, 0.3) is 0 Å². The highest BCUT2D eigenvalue weighted by molar-refractivity contribution is 8.06. The van der Waals surface area contributed by atoms with Crippen LogP contribution in [0, 0.1) is 0 Å². The summed E-state index contributed by atoms with van der Waals surface area (Å²) in [6, 6.07) is 3.06. The highest BCUT2D eigenvalue weighted by atomic mass is 35.5. The predicted molar refractivity (Wildman–Crippen MR) is 89.3 cm³/mol. The van der Waals surface area contributed by atoms with Crippen molar-refractivity contribution in [3.05, 3.63) is 50.5 Å². The van der Waals surface area contributed by atoms with Crippen molar-refractivity contribution < 1.29 is 9.18 Å². The first-order chi connectivity index (χ1) is 10.5. The Labute approximate surface area is 139 Å². The van der Waals surface area contributed by atoms with E-state index in [2.05, 4.69) is 11.9 Å². The normalized spacial score (nSPS) is 17.2. The molecule has 6 heteroatoms. The molecule has 118 valence electrons. The van der Waals surface area contributed by atoms with E-state index in [9.17, 15) is 9.18 Å². The SMILES string of the molecule is CCCCN1C(C)=C(C)SC1=C(F)C(=O)c1cccnc1Cl. The summed E-state index contributed by atoms with van der Waals surface area (Å²) in [7, 11) is 0. The molecule has 0 radical (unpaired) electrons. The lowest BCUT2D eigenvalue weighted by Crippen LogP contribution is -2.20. The molecule has 0 aliphatic carbocycles. The fraction of sp³-hybridized carbons (Fsp3) is 0.375. The van der Waals surface area contributed by atoms with Crippen molar-refractivity contribution in [2.24, 2.45) is 0 Å². The largest absolute Gasteiger partial charge is 0.337 e. The second-order valence-corrected chi connectivity index (χ2v) is 6.60. The maximum atomic E-state index is 14.7. The van der Waals surface area contributed by atoms with Crippen LogP contribution in [-0.2, 0) is 0 Å². The molecule has 1 aliphatic rings. The van der Waals surface area contributed by atoms with Gasteiger partial charge in [-0.2, -0.15) is 4.39 Å². The summed E-state index contributed by atoms with van der Waals surface area (Å²) >= 11 is 7.19. The number of carbonyl (C=O) groups excluding carboxylic acids is 1. The van der Waals surface area contributed by atoms with E-state index in [1.807, 2.05) is 18.7 Å². The lowest BCUT2D eigenvalue weighted by Gasteiger charge is -2.21. The zero-order valence-electron chi connectivity index (χ0n) is 12.8. The Morgan fingerprint density at radius 1 is 1.45 bits per heavy atom. The summed E-state index contributed by atoms with van der Waals surface area (Å²) in [5, 5.41) is 0.376. The van der Waals surface area contributed by atoms with Crippen LogP contribution < -0.4 is 0 Å². The standard InChI is InChI=1S/C16H18ClFN2OS/c1-4-5-9-20-10(2)11(3)22-16(20)13(18)14(21)12-7-6-8-19-15(12)17/h6-8H,4-5,9H2,1-3H3. The van der Waals surface area contributed by atoms with E-state index in [-0.39, 0.29) is 10.7 Å². The molecule has 0 bridgehead atoms. The third-order valence-corrected chi connectivity index (χ3v) is 5.03. The highest BCUT2D eigenvalue weighted by Crippen LogP contribution is 2.43. The van der Waals surface area contributed by atoms with Crippen LogP contribution in [0.4, 0.5) is 4.39 Å². The van der Waals surface area contributed by atoms with Crippen molar-refractivity contribution in [3.63, 3.8) is 0 Å². The maximum absolute atomic E-state index is 14.7. The highest BCUT2D eigenvalue weighted by Gasteiger charge is 2.30. The van der Waals surface area contributed by atoms with Gasteiger partial charge in [-0.15, -0.1) is 0 Å². The molecular formula is C16H18ClFN2OS. The molecule has 0 unspecified atom stereocenters. The van der Waals surface area contributed by atoms with Crippen molar-refractivity contribution in [1.82, 2.24) is 9.88 Å². The van der Waals surface area contributed by atoms with E-state index in [4.69, 9.17) is 11.6 Å². The number of unbranched alkanes of at least 4 members (excludes halogenated alkanes) is 1. The number of carbonyl (C=O) groups is 1. The van der Waals surface area contributed by atoms with Crippen LogP contribution in [0.2, 0.25) is 5.15 Å². The predicted octanol–water partition coefficient (Wildman–Crippen LogP) is 5.16. The average molecular weight is 341 g/mol. The van der Waals surface area contributed by atoms with Crippen LogP contribution in [-0.4, -0.2) is 22.2 Å². The van der Waals surface area contributed by atoms with Gasteiger partial charge in [0.05, 0.1) is 5.56 Å². The van der Waals surface area contributed by atoms with Crippen LogP contribution in [0.15, 0.2) is 39.8 Å². The first kappa shape index (κ1) is 17.0. The summed E-state index contributed by atoms with van der Waals surface area (Å²) in [5.41, 5.74) is 1.08. The molecule has 2 heterocycles. The van der Waals surface area contributed by atoms with E-state index in [1.54, 1.807) is 6.07 Å². The number of halogens is 2. The van der Waals surface area contributed by atoms with Crippen molar-refractivity contribution in [2.75, 3.05) is 6.54 Å². The number of rotatable bonds is 5. The van der Waals surface area contributed by atoms with Crippen molar-refractivity contribution in [3.8, 4) is 0 Å². The third kappa shape index (κ3) is 3.36. The summed E-state index contributed by atoms with van der Waals surface area (Å²) in [6.07, 6.45) is 3.41. The summed E-state index contributed by atoms with van der Waals surface area (Å²) in [6.45, 7) is 6.65. The molecule has 0 fully saturated rings. The summed E-state index contributed by atoms with van der Waals surface area (Å²) in [5.74, 6) is -1.49. The van der Waals surface area contributed by atoms with Gasteiger partial charge >= 0.3 is 0 Å².